The molecule has 0 unspecified atom stereocenters. The maximum atomic E-state index is 5.82. The zero-order chi connectivity index (χ0) is 11.7. The number of anilines is 1. The van der Waals surface area contributed by atoms with Crippen LogP contribution in [0.2, 0.25) is 4.71 Å². The van der Waals surface area contributed by atoms with Crippen LogP contribution in [-0.4, -0.2) is 20.7 Å². The van der Waals surface area contributed by atoms with Gasteiger partial charge in [0.1, 0.15) is 0 Å². The first-order chi connectivity index (χ1) is 8.31. The number of rotatable bonds is 2. The molecular weight excluding hydrogens is 271 g/mol. The number of hydrogen-bond donors (Lipinski definition) is 1. The first kappa shape index (κ1) is 10.9. The van der Waals surface area contributed by atoms with Gasteiger partial charge in [-0.1, -0.05) is 0 Å². The molecule has 2 N–H and O–H groups in total. The predicted octanol–water partition coefficient (Wildman–Crippen LogP) is 1.58. The van der Waals surface area contributed by atoms with E-state index in [4.69, 9.17) is 5.73 Å². The van der Waals surface area contributed by atoms with Crippen molar-refractivity contribution in [2.45, 2.75) is 17.5 Å². The molecular formula is C14H14AsN2. The minimum atomic E-state index is 0.169. The molecule has 3 rings (SSSR count). The zero-order valence-corrected chi connectivity index (χ0v) is 11.4. The minimum absolute atomic E-state index is 0.169. The third kappa shape index (κ3) is 2.37. The van der Waals surface area contributed by atoms with Gasteiger partial charge in [0.25, 0.3) is 0 Å². The van der Waals surface area contributed by atoms with Crippen molar-refractivity contribution in [3.05, 3.63) is 53.7 Å². The van der Waals surface area contributed by atoms with Gasteiger partial charge >= 0.3 is 108 Å². The summed E-state index contributed by atoms with van der Waals surface area (Å²) in [7, 11) is 0. The zero-order valence-electron chi connectivity index (χ0n) is 9.50. The fourth-order valence-corrected chi connectivity index (χ4v) is 4.96. The van der Waals surface area contributed by atoms with Gasteiger partial charge in [0.15, 0.2) is 0 Å². The molecule has 17 heavy (non-hydrogen) atoms. The molecule has 1 radical (unpaired) electrons. The first-order valence-corrected chi connectivity index (χ1v) is 7.82. The molecule has 2 nitrogen and oxygen atoms in total. The van der Waals surface area contributed by atoms with Crippen LogP contribution in [-0.2, 0) is 12.8 Å². The fraction of sp³-hybridized carbons (Fsp3) is 0.214. The Morgan fingerprint density at radius 3 is 2.82 bits per heavy atom. The predicted molar refractivity (Wildman–Crippen MR) is 71.6 cm³/mol. The summed E-state index contributed by atoms with van der Waals surface area (Å²) in [5.41, 5.74) is 9.64. The van der Waals surface area contributed by atoms with E-state index < -0.39 is 0 Å². The summed E-state index contributed by atoms with van der Waals surface area (Å²) in [5.74, 6) is 0. The summed E-state index contributed by atoms with van der Waals surface area (Å²) in [6, 6.07) is 12.5. The summed E-state index contributed by atoms with van der Waals surface area (Å²) in [6.45, 7) is 0. The van der Waals surface area contributed by atoms with Crippen LogP contribution in [0.3, 0.4) is 0 Å². The Hall–Kier alpha value is -1.27. The summed E-state index contributed by atoms with van der Waals surface area (Å²) >= 11 is 0.169. The molecule has 1 aliphatic carbocycles. The molecule has 1 heterocycles. The van der Waals surface area contributed by atoms with Crippen molar-refractivity contribution < 1.29 is 0 Å². The van der Waals surface area contributed by atoms with Crippen molar-refractivity contribution in [3.8, 4) is 0 Å². The number of aromatic nitrogens is 1. The van der Waals surface area contributed by atoms with Crippen molar-refractivity contribution in [3.63, 3.8) is 0 Å². The number of nitrogens with two attached hydrogens (primary N) is 1. The summed E-state index contributed by atoms with van der Waals surface area (Å²) in [6.07, 6.45) is 4.27. The number of nitrogens with zero attached hydrogens (tertiary/aromatic N) is 1. The van der Waals surface area contributed by atoms with E-state index in [0.717, 1.165) is 10.4 Å². The van der Waals surface area contributed by atoms with Crippen molar-refractivity contribution in [2.75, 3.05) is 5.73 Å². The van der Waals surface area contributed by atoms with E-state index in [2.05, 4.69) is 29.2 Å². The van der Waals surface area contributed by atoms with Crippen molar-refractivity contribution in [1.29, 1.82) is 0 Å². The SMILES string of the molecule is Nc1ccc2c(c1)C[C@@H]([As]c1ccccn1)C2. The van der Waals surface area contributed by atoms with Crippen molar-refractivity contribution in [1.82, 2.24) is 4.98 Å². The van der Waals surface area contributed by atoms with E-state index in [1.807, 2.05) is 18.3 Å². The van der Waals surface area contributed by atoms with Gasteiger partial charge in [0.2, 0.25) is 0 Å². The van der Waals surface area contributed by atoms with E-state index in [9.17, 15) is 0 Å². The third-order valence-electron chi connectivity index (χ3n) is 3.11. The standard InChI is InChI=1S/C14H14AsN2/c16-13-5-4-10-7-12(8-11(10)9-13)15-14-3-1-2-6-17-14/h1-6,9,12H,7-8,16H2/t12-/m0/s1. The Bertz CT molecular complexity index is 525. The van der Waals surface area contributed by atoms with E-state index in [1.54, 1.807) is 0 Å². The number of fused-ring (bicyclic) bond motifs is 1. The van der Waals surface area contributed by atoms with Crippen LogP contribution < -0.4 is 10.2 Å². The summed E-state index contributed by atoms with van der Waals surface area (Å²) in [5, 5.41) is 0. The molecule has 0 spiro atoms. The van der Waals surface area contributed by atoms with Crippen molar-refractivity contribution >= 4 is 25.9 Å². The second-order valence-corrected chi connectivity index (χ2v) is 7.44. The second-order valence-electron chi connectivity index (χ2n) is 4.41. The number of benzene rings is 1. The monoisotopic (exact) mass is 285 g/mol. The van der Waals surface area contributed by atoms with E-state index in [0.29, 0.717) is 0 Å². The molecule has 1 aromatic heterocycles. The van der Waals surface area contributed by atoms with Gasteiger partial charge in [-0.25, -0.2) is 0 Å². The van der Waals surface area contributed by atoms with Crippen LogP contribution >= 0.6 is 0 Å². The fourth-order valence-electron chi connectivity index (χ4n) is 2.32. The maximum absolute atomic E-state index is 5.82. The Kier molecular flexibility index (Phi) is 2.90. The topological polar surface area (TPSA) is 38.9 Å². The molecule has 0 bridgehead atoms. The van der Waals surface area contributed by atoms with Crippen LogP contribution in [0.4, 0.5) is 5.69 Å². The first-order valence-electron chi connectivity index (χ1n) is 5.80. The normalized spacial score (nSPS) is 18.7. The van der Waals surface area contributed by atoms with Crippen LogP contribution in [0, 0.1) is 0 Å². The number of hydrogen-bond acceptors (Lipinski definition) is 2. The van der Waals surface area contributed by atoms with Gasteiger partial charge in [-0.2, -0.15) is 0 Å². The van der Waals surface area contributed by atoms with Crippen LogP contribution in [0.1, 0.15) is 11.1 Å². The van der Waals surface area contributed by atoms with Crippen LogP contribution in [0.15, 0.2) is 42.6 Å². The van der Waals surface area contributed by atoms with Crippen LogP contribution in [0.5, 0.6) is 0 Å². The third-order valence-corrected chi connectivity index (χ3v) is 5.75. The van der Waals surface area contributed by atoms with Gasteiger partial charge in [0, 0.05) is 0 Å². The van der Waals surface area contributed by atoms with Gasteiger partial charge in [0.05, 0.1) is 0 Å². The van der Waals surface area contributed by atoms with E-state index in [-0.39, 0.29) is 15.8 Å². The van der Waals surface area contributed by atoms with E-state index in [1.165, 1.54) is 28.5 Å². The van der Waals surface area contributed by atoms with Crippen LogP contribution in [0.25, 0.3) is 0 Å². The number of pyridine rings is 1. The Morgan fingerprint density at radius 2 is 2.00 bits per heavy atom. The molecule has 0 saturated heterocycles. The Morgan fingerprint density at radius 1 is 1.12 bits per heavy atom. The van der Waals surface area contributed by atoms with Gasteiger partial charge < -0.3 is 0 Å². The quantitative estimate of drug-likeness (QED) is 0.672. The van der Waals surface area contributed by atoms with Gasteiger partial charge in [-0.05, 0) is 0 Å². The van der Waals surface area contributed by atoms with Gasteiger partial charge in [-0.15, -0.1) is 0 Å². The summed E-state index contributed by atoms with van der Waals surface area (Å²) in [4.78, 5) is 4.44. The Labute approximate surface area is 108 Å². The Balaban J connectivity index is 1.74. The summed E-state index contributed by atoms with van der Waals surface area (Å²) < 4.78 is 2.06. The molecule has 1 aromatic carbocycles. The molecule has 0 aliphatic heterocycles. The molecule has 0 amide bonds. The molecule has 1 aliphatic rings. The number of nitrogen functional groups attached to an aromatic ring is 1. The molecule has 0 saturated carbocycles. The average molecular weight is 285 g/mol. The molecule has 1 atom stereocenters. The molecule has 85 valence electrons. The van der Waals surface area contributed by atoms with Gasteiger partial charge in [-0.3, -0.25) is 0 Å². The van der Waals surface area contributed by atoms with E-state index >= 15 is 0 Å². The second kappa shape index (κ2) is 4.54. The molecule has 3 heteroatoms. The average Bonchev–Trinajstić information content (AvgIpc) is 2.71. The molecule has 2 aromatic rings. The molecule has 0 fully saturated rings. The van der Waals surface area contributed by atoms with Crippen molar-refractivity contribution in [2.24, 2.45) is 0 Å².